The van der Waals surface area contributed by atoms with E-state index in [2.05, 4.69) is 0 Å². The minimum Gasteiger partial charge on any atom is -0.445 e. The maximum atomic E-state index is 13.3. The summed E-state index contributed by atoms with van der Waals surface area (Å²) in [6.07, 6.45) is -0.971. The minimum absolute atomic E-state index is 0.0421. The van der Waals surface area contributed by atoms with Crippen LogP contribution < -0.4 is 5.73 Å². The van der Waals surface area contributed by atoms with Crippen LogP contribution in [0.25, 0.3) is 11.1 Å². The van der Waals surface area contributed by atoms with E-state index >= 15 is 0 Å². The number of nitrogens with two attached hydrogens (primary N) is 1. The van der Waals surface area contributed by atoms with Crippen LogP contribution in [-0.4, -0.2) is 29.3 Å². The van der Waals surface area contributed by atoms with E-state index in [4.69, 9.17) is 10.5 Å². The maximum absolute atomic E-state index is 13.3. The summed E-state index contributed by atoms with van der Waals surface area (Å²) in [5, 5.41) is 10.8. The van der Waals surface area contributed by atoms with Crippen LogP contribution in [0.4, 0.5) is 5.69 Å². The van der Waals surface area contributed by atoms with E-state index in [0.29, 0.717) is 5.56 Å². The number of nitro benzene ring substituents is 1. The summed E-state index contributed by atoms with van der Waals surface area (Å²) in [6, 6.07) is 20.2. The zero-order chi connectivity index (χ0) is 22.0. The van der Waals surface area contributed by atoms with Gasteiger partial charge in [0.15, 0.2) is 11.9 Å². The number of nitro groups is 1. The second-order valence-corrected chi connectivity index (χ2v) is 7.41. The number of carbonyl (C=O) groups is 1. The van der Waals surface area contributed by atoms with E-state index in [1.54, 1.807) is 12.1 Å². The molecule has 0 heterocycles. The van der Waals surface area contributed by atoms with Crippen LogP contribution in [0.3, 0.4) is 0 Å². The zero-order valence-electron chi connectivity index (χ0n) is 16.4. The summed E-state index contributed by atoms with van der Waals surface area (Å²) in [5.41, 5.74) is 10.6. The lowest BCUT2D eigenvalue weighted by molar-refractivity contribution is -0.384. The molecule has 0 aromatic heterocycles. The lowest BCUT2D eigenvalue weighted by Gasteiger charge is -2.25. The van der Waals surface area contributed by atoms with Crippen molar-refractivity contribution in [2.24, 2.45) is 5.73 Å². The van der Waals surface area contributed by atoms with Crippen molar-refractivity contribution in [1.29, 1.82) is 0 Å². The average molecular weight is 415 g/mol. The van der Waals surface area contributed by atoms with Crippen LogP contribution in [0.5, 0.6) is 0 Å². The van der Waals surface area contributed by atoms with E-state index in [-0.39, 0.29) is 12.1 Å². The molecule has 0 aliphatic heterocycles. The lowest BCUT2D eigenvalue weighted by atomic mass is 9.86. The molecule has 1 aliphatic carbocycles. The van der Waals surface area contributed by atoms with Gasteiger partial charge >= 0.3 is 6.47 Å². The van der Waals surface area contributed by atoms with Gasteiger partial charge in [0.25, 0.3) is 5.69 Å². The number of Topliss-reactive ketones (excluding diaryl/α,β-unsaturated/α-hetero) is 1. The van der Waals surface area contributed by atoms with Crippen LogP contribution in [0, 0.1) is 10.1 Å². The van der Waals surface area contributed by atoms with Crippen molar-refractivity contribution in [1.82, 2.24) is 0 Å². The molecule has 155 valence electrons. The molecule has 31 heavy (non-hydrogen) atoms. The van der Waals surface area contributed by atoms with Crippen molar-refractivity contribution in [3.63, 3.8) is 0 Å². The number of hydrogen-bond acceptors (Lipinski definition) is 6. The van der Waals surface area contributed by atoms with E-state index < -0.39 is 28.8 Å². The summed E-state index contributed by atoms with van der Waals surface area (Å²) in [6.45, 7) is 1.42. The quantitative estimate of drug-likeness (QED) is 0.446. The molecule has 4 rings (SSSR count). The predicted molar refractivity (Wildman–Crippen MR) is 114 cm³/mol. The highest BCUT2D eigenvalue weighted by Gasteiger charge is 2.41. The Balaban J connectivity index is 1.63. The number of carbonyl (C=O) groups excluding carboxylic acids is 2. The fraction of sp³-hybridized carbons (Fsp3) is 0.167. The van der Waals surface area contributed by atoms with Gasteiger partial charge in [-0.25, -0.2) is 4.79 Å². The Hall–Kier alpha value is -3.84. The first-order valence-corrected chi connectivity index (χ1v) is 9.75. The van der Waals surface area contributed by atoms with Gasteiger partial charge in [-0.05, 0) is 34.2 Å². The van der Waals surface area contributed by atoms with Crippen molar-refractivity contribution in [2.75, 3.05) is 0 Å². The highest BCUT2D eigenvalue weighted by Crippen LogP contribution is 2.47. The fourth-order valence-corrected chi connectivity index (χ4v) is 4.18. The third-order valence-corrected chi connectivity index (χ3v) is 5.61. The van der Waals surface area contributed by atoms with Gasteiger partial charge < -0.3 is 10.5 Å². The molecule has 0 fully saturated rings. The zero-order valence-corrected chi connectivity index (χ0v) is 16.4. The first-order valence-electron chi connectivity index (χ1n) is 9.75. The van der Waals surface area contributed by atoms with Crippen molar-refractivity contribution in [2.45, 2.75) is 24.5 Å². The van der Waals surface area contributed by atoms with Gasteiger partial charge in [-0.15, -0.1) is 0 Å². The van der Waals surface area contributed by atoms with Crippen molar-refractivity contribution in [3.05, 3.63) is 99.6 Å². The van der Waals surface area contributed by atoms with Crippen molar-refractivity contribution in [3.8, 4) is 11.1 Å². The van der Waals surface area contributed by atoms with Crippen LogP contribution in [0.2, 0.25) is 0 Å². The van der Waals surface area contributed by atoms with Gasteiger partial charge in [0.2, 0.25) is 0 Å². The van der Waals surface area contributed by atoms with E-state index in [1.165, 1.54) is 18.6 Å². The Morgan fingerprint density at radius 1 is 1.00 bits per heavy atom. The molecule has 2 N–H and O–H groups in total. The highest BCUT2D eigenvalue weighted by molar-refractivity contribution is 5.93. The highest BCUT2D eigenvalue weighted by atomic mass is 16.6. The second kappa shape index (κ2) is 8.49. The Bertz CT molecular complexity index is 1100. The number of ether oxygens (including phenoxy) is 1. The van der Waals surface area contributed by atoms with Gasteiger partial charge in [0.1, 0.15) is 0 Å². The largest absolute Gasteiger partial charge is 0.445 e. The SMILES string of the molecule is N[C@@H](Cc1ccc([N+](=O)[O-])cc1)C(=O)C(O[C]=O)C1c2ccccc2-c2ccccc21. The molecule has 0 bridgehead atoms. The molecule has 3 aromatic carbocycles. The lowest BCUT2D eigenvalue weighted by Crippen LogP contribution is -2.44. The summed E-state index contributed by atoms with van der Waals surface area (Å²) in [4.78, 5) is 34.8. The molecule has 0 saturated carbocycles. The molecule has 0 spiro atoms. The van der Waals surface area contributed by atoms with E-state index in [1.807, 2.05) is 48.5 Å². The third-order valence-electron chi connectivity index (χ3n) is 5.61. The third kappa shape index (κ3) is 3.83. The minimum atomic E-state index is -1.13. The van der Waals surface area contributed by atoms with Gasteiger partial charge in [-0.3, -0.25) is 14.9 Å². The fourth-order valence-electron chi connectivity index (χ4n) is 4.18. The summed E-state index contributed by atoms with van der Waals surface area (Å²) in [7, 11) is 0. The van der Waals surface area contributed by atoms with E-state index in [9.17, 15) is 19.7 Å². The molecule has 3 aromatic rings. The standard InChI is InChI=1S/C24H19N2O5/c25-21(13-15-9-11-16(12-10-15)26(29)30)23(28)24(31-14-27)22-19-7-3-1-5-17(19)18-6-2-4-8-20(18)22/h1-12,21-22,24H,13,25H2/t21-,24?/m0/s1. The topological polar surface area (TPSA) is 113 Å². The second-order valence-electron chi connectivity index (χ2n) is 7.41. The number of rotatable bonds is 8. The number of benzene rings is 3. The summed E-state index contributed by atoms with van der Waals surface area (Å²) >= 11 is 0. The van der Waals surface area contributed by atoms with Crippen LogP contribution in [-0.2, 0) is 20.7 Å². The molecular weight excluding hydrogens is 396 g/mol. The maximum Gasteiger partial charge on any atom is 0.418 e. The number of ketones is 1. The Morgan fingerprint density at radius 3 is 2.06 bits per heavy atom. The first kappa shape index (κ1) is 20.4. The molecule has 7 nitrogen and oxygen atoms in total. The number of fused-ring (bicyclic) bond motifs is 3. The van der Waals surface area contributed by atoms with E-state index in [0.717, 1.165) is 22.3 Å². The predicted octanol–water partition coefficient (Wildman–Crippen LogP) is 3.30. The molecule has 1 unspecified atom stereocenters. The molecule has 1 radical (unpaired) electrons. The molecule has 7 heteroatoms. The Morgan fingerprint density at radius 2 is 1.55 bits per heavy atom. The Labute approximate surface area is 178 Å². The number of nitrogens with zero attached hydrogens (tertiary/aromatic N) is 1. The van der Waals surface area contributed by atoms with Crippen molar-refractivity contribution < 1.29 is 19.2 Å². The number of non-ortho nitro benzene ring substituents is 1. The molecule has 0 amide bonds. The molecular formula is C24H19N2O5. The number of hydrogen-bond donors (Lipinski definition) is 1. The first-order chi connectivity index (χ1) is 15.0. The van der Waals surface area contributed by atoms with Gasteiger partial charge in [-0.1, -0.05) is 60.7 Å². The van der Waals surface area contributed by atoms with Gasteiger partial charge in [-0.2, -0.15) is 0 Å². The average Bonchev–Trinajstić information content (AvgIpc) is 3.12. The van der Waals surface area contributed by atoms with Crippen LogP contribution in [0.15, 0.2) is 72.8 Å². The normalized spacial score (nSPS) is 14.2. The monoisotopic (exact) mass is 415 g/mol. The van der Waals surface area contributed by atoms with Crippen LogP contribution in [0.1, 0.15) is 22.6 Å². The molecule has 1 aliphatic rings. The summed E-state index contributed by atoms with van der Waals surface area (Å²) in [5.74, 6) is -0.914. The summed E-state index contributed by atoms with van der Waals surface area (Å²) < 4.78 is 5.19. The molecule has 0 saturated heterocycles. The van der Waals surface area contributed by atoms with Crippen LogP contribution >= 0.6 is 0 Å². The van der Waals surface area contributed by atoms with Gasteiger partial charge in [0.05, 0.1) is 16.9 Å². The van der Waals surface area contributed by atoms with Gasteiger partial charge in [0, 0.05) is 12.1 Å². The Kier molecular flexibility index (Phi) is 5.60. The van der Waals surface area contributed by atoms with Crippen molar-refractivity contribution >= 4 is 17.9 Å². The smallest absolute Gasteiger partial charge is 0.418 e. The molecule has 2 atom stereocenters.